The minimum absolute atomic E-state index is 0.0740. The van der Waals surface area contributed by atoms with Gasteiger partial charge in [-0.15, -0.1) is 0 Å². The van der Waals surface area contributed by atoms with Crippen molar-refractivity contribution in [2.24, 2.45) is 0 Å². The van der Waals surface area contributed by atoms with Crippen LogP contribution in [0, 0.1) is 0 Å². The topological polar surface area (TPSA) is 73.4 Å². The van der Waals surface area contributed by atoms with Gasteiger partial charge in [0.25, 0.3) is 5.91 Å². The molecule has 1 saturated heterocycles. The van der Waals surface area contributed by atoms with Crippen LogP contribution in [0.3, 0.4) is 0 Å². The molecule has 0 aliphatic carbocycles. The van der Waals surface area contributed by atoms with E-state index in [1.165, 1.54) is 0 Å². The van der Waals surface area contributed by atoms with Crippen molar-refractivity contribution in [3.05, 3.63) is 59.4 Å². The van der Waals surface area contributed by atoms with E-state index in [2.05, 4.69) is 4.98 Å². The molecule has 2 aromatic rings. The Kier molecular flexibility index (Phi) is 4.81. The number of likely N-dealkylation sites (tertiary alicyclic amines) is 1. The van der Waals surface area contributed by atoms with E-state index in [0.717, 1.165) is 19.3 Å². The molecule has 1 aromatic carbocycles. The van der Waals surface area contributed by atoms with E-state index in [4.69, 9.17) is 0 Å². The van der Waals surface area contributed by atoms with Crippen molar-refractivity contribution < 1.29 is 14.7 Å². The molecule has 5 nitrogen and oxygen atoms in total. The van der Waals surface area contributed by atoms with Gasteiger partial charge in [-0.1, -0.05) is 12.1 Å². The zero-order valence-corrected chi connectivity index (χ0v) is 13.7. The van der Waals surface area contributed by atoms with Gasteiger partial charge in [0.2, 0.25) is 0 Å². The lowest BCUT2D eigenvalue weighted by Crippen LogP contribution is -2.48. The average Bonchev–Trinajstić information content (AvgIpc) is 3.15. The number of carbonyl (C=O) groups excluding carboxylic acids is 2. The zero-order valence-electron chi connectivity index (χ0n) is 13.7. The van der Waals surface area contributed by atoms with Crippen LogP contribution in [0.15, 0.2) is 42.7 Å². The summed E-state index contributed by atoms with van der Waals surface area (Å²) in [6, 6.07) is 8.34. The average molecular weight is 326 g/mol. The summed E-state index contributed by atoms with van der Waals surface area (Å²) < 4.78 is 0. The van der Waals surface area contributed by atoms with Crippen LogP contribution in [-0.4, -0.2) is 45.4 Å². The highest BCUT2D eigenvalue weighted by Gasteiger charge is 2.30. The Morgan fingerprint density at radius 3 is 2.46 bits per heavy atom. The van der Waals surface area contributed by atoms with Gasteiger partial charge in [0, 0.05) is 35.6 Å². The number of hydrogen-bond donors (Lipinski definition) is 2. The highest BCUT2D eigenvalue weighted by molar-refractivity contribution is 6.09. The Morgan fingerprint density at radius 2 is 1.83 bits per heavy atom. The summed E-state index contributed by atoms with van der Waals surface area (Å²) in [7, 11) is 0. The second-order valence-corrected chi connectivity index (χ2v) is 6.31. The molecule has 2 unspecified atom stereocenters. The number of aliphatic hydroxyl groups is 1. The third-order valence-electron chi connectivity index (χ3n) is 4.62. The van der Waals surface area contributed by atoms with Crippen LogP contribution in [0.25, 0.3) is 0 Å². The number of aliphatic hydroxyl groups excluding tert-OH is 1. The van der Waals surface area contributed by atoms with E-state index in [0.29, 0.717) is 23.2 Å². The number of aromatic amines is 1. The SMILES string of the molecule is CC(O)C1CCCCN1C(=O)c1ccc(C(=O)c2cc[nH]c2)cc1. The van der Waals surface area contributed by atoms with E-state index < -0.39 is 6.10 Å². The number of H-pyrrole nitrogens is 1. The quantitative estimate of drug-likeness (QED) is 0.848. The molecule has 0 bridgehead atoms. The third kappa shape index (κ3) is 3.26. The molecule has 2 heterocycles. The zero-order chi connectivity index (χ0) is 17.1. The van der Waals surface area contributed by atoms with Gasteiger partial charge >= 0.3 is 0 Å². The Labute approximate surface area is 141 Å². The highest BCUT2D eigenvalue weighted by Crippen LogP contribution is 2.22. The summed E-state index contributed by atoms with van der Waals surface area (Å²) in [5, 5.41) is 9.92. The summed E-state index contributed by atoms with van der Waals surface area (Å²) in [5.41, 5.74) is 1.70. The number of ketones is 1. The number of nitrogens with one attached hydrogen (secondary N) is 1. The van der Waals surface area contributed by atoms with Crippen LogP contribution in [0.1, 0.15) is 52.5 Å². The first-order chi connectivity index (χ1) is 11.6. The Bertz CT molecular complexity index is 705. The predicted molar refractivity (Wildman–Crippen MR) is 91.0 cm³/mol. The van der Waals surface area contributed by atoms with Crippen molar-refractivity contribution in [3.63, 3.8) is 0 Å². The number of rotatable bonds is 4. The summed E-state index contributed by atoms with van der Waals surface area (Å²) in [6.07, 6.45) is 5.64. The van der Waals surface area contributed by atoms with Crippen LogP contribution < -0.4 is 0 Å². The molecule has 3 rings (SSSR count). The van der Waals surface area contributed by atoms with Crippen molar-refractivity contribution in [1.29, 1.82) is 0 Å². The molecule has 1 aliphatic rings. The monoisotopic (exact) mass is 326 g/mol. The van der Waals surface area contributed by atoms with Gasteiger partial charge in [0.1, 0.15) is 0 Å². The first-order valence-electron chi connectivity index (χ1n) is 8.34. The first-order valence-corrected chi connectivity index (χ1v) is 8.34. The van der Waals surface area contributed by atoms with Crippen LogP contribution in [0.2, 0.25) is 0 Å². The number of benzene rings is 1. The summed E-state index contributed by atoms with van der Waals surface area (Å²) >= 11 is 0. The summed E-state index contributed by atoms with van der Waals surface area (Å²) in [6.45, 7) is 2.40. The van der Waals surface area contributed by atoms with E-state index >= 15 is 0 Å². The number of piperidine rings is 1. The first kappa shape index (κ1) is 16.5. The molecule has 5 heteroatoms. The van der Waals surface area contributed by atoms with E-state index in [1.807, 2.05) is 0 Å². The molecule has 0 spiro atoms. The largest absolute Gasteiger partial charge is 0.391 e. The van der Waals surface area contributed by atoms with Crippen LogP contribution in [0.5, 0.6) is 0 Å². The van der Waals surface area contributed by atoms with Gasteiger partial charge in [0.15, 0.2) is 5.78 Å². The molecular weight excluding hydrogens is 304 g/mol. The predicted octanol–water partition coefficient (Wildman–Crippen LogP) is 2.62. The number of carbonyl (C=O) groups is 2. The van der Waals surface area contributed by atoms with Crippen molar-refractivity contribution in [1.82, 2.24) is 9.88 Å². The summed E-state index contributed by atoms with van der Waals surface area (Å²) in [4.78, 5) is 29.7. The smallest absolute Gasteiger partial charge is 0.254 e. The minimum atomic E-state index is -0.538. The lowest BCUT2D eigenvalue weighted by Gasteiger charge is -2.37. The van der Waals surface area contributed by atoms with Crippen molar-refractivity contribution in [2.75, 3.05) is 6.54 Å². The standard InChI is InChI=1S/C19H22N2O3/c1-13(22)17-4-2-3-11-21(17)19(24)15-7-5-14(6-8-15)18(23)16-9-10-20-12-16/h5-10,12-13,17,20,22H,2-4,11H2,1H3. The van der Waals surface area contributed by atoms with Gasteiger partial charge in [0.05, 0.1) is 12.1 Å². The van der Waals surface area contributed by atoms with E-state index in [9.17, 15) is 14.7 Å². The van der Waals surface area contributed by atoms with Gasteiger partial charge < -0.3 is 15.0 Å². The fraction of sp³-hybridized carbons (Fsp3) is 0.368. The number of nitrogens with zero attached hydrogens (tertiary/aromatic N) is 1. The molecule has 0 saturated carbocycles. The minimum Gasteiger partial charge on any atom is -0.391 e. The fourth-order valence-electron chi connectivity index (χ4n) is 3.27. The van der Waals surface area contributed by atoms with Crippen LogP contribution in [-0.2, 0) is 0 Å². The lowest BCUT2D eigenvalue weighted by atomic mass is 9.96. The van der Waals surface area contributed by atoms with Crippen LogP contribution in [0.4, 0.5) is 0 Å². The number of hydrogen-bond acceptors (Lipinski definition) is 3. The Hall–Kier alpha value is -2.40. The Balaban J connectivity index is 1.77. The van der Waals surface area contributed by atoms with Gasteiger partial charge in [-0.25, -0.2) is 0 Å². The van der Waals surface area contributed by atoms with Crippen molar-refractivity contribution in [2.45, 2.75) is 38.3 Å². The molecule has 24 heavy (non-hydrogen) atoms. The Morgan fingerprint density at radius 1 is 1.12 bits per heavy atom. The molecular formula is C19H22N2O3. The molecule has 126 valence electrons. The molecule has 0 radical (unpaired) electrons. The molecule has 1 aliphatic heterocycles. The molecule has 2 atom stereocenters. The normalized spacial score (nSPS) is 19.1. The molecule has 1 aromatic heterocycles. The van der Waals surface area contributed by atoms with Crippen molar-refractivity contribution in [3.8, 4) is 0 Å². The van der Waals surface area contributed by atoms with Gasteiger partial charge in [-0.2, -0.15) is 0 Å². The van der Waals surface area contributed by atoms with Gasteiger partial charge in [-0.05, 0) is 44.4 Å². The van der Waals surface area contributed by atoms with Crippen molar-refractivity contribution >= 4 is 11.7 Å². The maximum absolute atomic E-state index is 12.7. The van der Waals surface area contributed by atoms with Gasteiger partial charge in [-0.3, -0.25) is 9.59 Å². The fourth-order valence-corrected chi connectivity index (χ4v) is 3.27. The molecule has 1 amide bonds. The molecule has 1 fully saturated rings. The number of amides is 1. The molecule has 2 N–H and O–H groups in total. The maximum atomic E-state index is 12.7. The second-order valence-electron chi connectivity index (χ2n) is 6.31. The van der Waals surface area contributed by atoms with E-state index in [-0.39, 0.29) is 17.7 Å². The van der Waals surface area contributed by atoms with Crippen LogP contribution >= 0.6 is 0 Å². The number of aromatic nitrogens is 1. The maximum Gasteiger partial charge on any atom is 0.254 e. The summed E-state index contributed by atoms with van der Waals surface area (Å²) in [5.74, 6) is -0.156. The second kappa shape index (κ2) is 7.01. The third-order valence-corrected chi connectivity index (χ3v) is 4.62. The van der Waals surface area contributed by atoms with E-state index in [1.54, 1.807) is 54.5 Å². The lowest BCUT2D eigenvalue weighted by molar-refractivity contribution is 0.0281. The highest BCUT2D eigenvalue weighted by atomic mass is 16.3.